The van der Waals surface area contributed by atoms with Gasteiger partial charge in [-0.3, -0.25) is 0 Å². The molecule has 4 atom stereocenters. The van der Waals surface area contributed by atoms with Gasteiger partial charge < -0.3 is 19.3 Å². The van der Waals surface area contributed by atoms with Crippen molar-refractivity contribution in [3.63, 3.8) is 0 Å². The van der Waals surface area contributed by atoms with E-state index in [-0.39, 0.29) is 13.0 Å². The molecule has 0 aromatic heterocycles. The second-order valence-electron chi connectivity index (χ2n) is 6.21. The first-order valence-electron chi connectivity index (χ1n) is 8.62. The van der Waals surface area contributed by atoms with E-state index < -0.39 is 36.3 Å². The molecule has 2 aromatic rings. The van der Waals surface area contributed by atoms with E-state index in [2.05, 4.69) is 0 Å². The highest BCUT2D eigenvalue weighted by Gasteiger charge is 2.39. The molecule has 0 amide bonds. The van der Waals surface area contributed by atoms with Crippen LogP contribution in [0, 0.1) is 0 Å². The van der Waals surface area contributed by atoms with E-state index in [9.17, 15) is 14.7 Å². The van der Waals surface area contributed by atoms with Crippen LogP contribution in [0.2, 0.25) is 0 Å². The number of aliphatic hydroxyl groups is 1. The molecule has 0 bridgehead atoms. The Hall–Kier alpha value is -2.64. The van der Waals surface area contributed by atoms with Crippen molar-refractivity contribution in [2.24, 2.45) is 0 Å². The summed E-state index contributed by atoms with van der Waals surface area (Å²) in [6.07, 6.45) is -2.78. The highest BCUT2D eigenvalue weighted by Crippen LogP contribution is 2.23. The molecule has 6 nitrogen and oxygen atoms in total. The summed E-state index contributed by atoms with van der Waals surface area (Å²) in [5.41, 5.74) is 0.760. The first-order chi connectivity index (χ1) is 13.0. The summed E-state index contributed by atoms with van der Waals surface area (Å²) >= 11 is 0. The van der Waals surface area contributed by atoms with E-state index in [0.29, 0.717) is 11.1 Å². The molecular formula is C20H19BO6. The zero-order valence-electron chi connectivity index (χ0n) is 14.6. The number of carbonyl (C=O) groups is 2. The number of hydrogen-bond donors (Lipinski definition) is 1. The van der Waals surface area contributed by atoms with Crippen LogP contribution in [-0.4, -0.2) is 55.8 Å². The monoisotopic (exact) mass is 366 g/mol. The van der Waals surface area contributed by atoms with Crippen molar-refractivity contribution in [3.05, 3.63) is 71.8 Å². The Bertz CT molecular complexity index is 767. The maximum Gasteiger partial charge on any atom is 0.338 e. The predicted octanol–water partition coefficient (Wildman–Crippen LogP) is 1.71. The lowest BCUT2D eigenvalue weighted by Gasteiger charge is -2.37. The zero-order chi connectivity index (χ0) is 19.2. The standard InChI is InChI=1S/C20H19BO6/c21-17-11-15(27-20(24)14-9-5-2-6-10-14)18(22)16(26-17)12-25-19(23)13-7-3-1-4-8-13/h1-10,15-18,22H,11-12H2/t15-,16-,17?,18-/m1/s1. The number of esters is 2. The fourth-order valence-corrected chi connectivity index (χ4v) is 2.82. The minimum atomic E-state index is -1.17. The summed E-state index contributed by atoms with van der Waals surface area (Å²) in [5.74, 6) is -1.10. The first kappa shape index (κ1) is 19.1. The van der Waals surface area contributed by atoms with Gasteiger partial charge in [0.1, 0.15) is 32.8 Å². The van der Waals surface area contributed by atoms with E-state index in [1.807, 2.05) is 0 Å². The topological polar surface area (TPSA) is 82.1 Å². The maximum absolute atomic E-state index is 12.2. The summed E-state index contributed by atoms with van der Waals surface area (Å²) < 4.78 is 16.1. The largest absolute Gasteiger partial charge is 0.459 e. The molecule has 1 fully saturated rings. The number of benzene rings is 2. The first-order valence-corrected chi connectivity index (χ1v) is 8.62. The molecule has 3 rings (SSSR count). The average Bonchev–Trinajstić information content (AvgIpc) is 2.70. The van der Waals surface area contributed by atoms with Crippen LogP contribution in [0.4, 0.5) is 0 Å². The minimum absolute atomic E-state index is 0.142. The van der Waals surface area contributed by atoms with Crippen LogP contribution in [0.15, 0.2) is 60.7 Å². The van der Waals surface area contributed by atoms with Crippen molar-refractivity contribution in [3.8, 4) is 0 Å². The highest BCUT2D eigenvalue weighted by atomic mass is 16.6. The normalized spacial score (nSPS) is 24.8. The molecule has 0 aliphatic carbocycles. The van der Waals surface area contributed by atoms with E-state index in [4.69, 9.17) is 22.1 Å². The van der Waals surface area contributed by atoms with Crippen molar-refractivity contribution >= 4 is 19.8 Å². The van der Waals surface area contributed by atoms with Crippen LogP contribution >= 0.6 is 0 Å². The lowest BCUT2D eigenvalue weighted by Crippen LogP contribution is -2.52. The lowest BCUT2D eigenvalue weighted by atomic mass is 9.87. The fraction of sp³-hybridized carbons (Fsp3) is 0.300. The lowest BCUT2D eigenvalue weighted by molar-refractivity contribution is -0.161. The van der Waals surface area contributed by atoms with E-state index >= 15 is 0 Å². The van der Waals surface area contributed by atoms with E-state index in [1.54, 1.807) is 60.7 Å². The predicted molar refractivity (Wildman–Crippen MR) is 97.4 cm³/mol. The third-order valence-electron chi connectivity index (χ3n) is 4.23. The molecule has 0 spiro atoms. The molecule has 138 valence electrons. The Morgan fingerprint density at radius 1 is 1.00 bits per heavy atom. The second kappa shape index (κ2) is 8.84. The summed E-state index contributed by atoms with van der Waals surface area (Å²) in [4.78, 5) is 24.3. The van der Waals surface area contributed by atoms with Gasteiger partial charge in [0.25, 0.3) is 0 Å². The number of ether oxygens (including phenoxy) is 3. The fourth-order valence-electron chi connectivity index (χ4n) is 2.82. The quantitative estimate of drug-likeness (QED) is 0.641. The van der Waals surface area contributed by atoms with Crippen LogP contribution in [0.5, 0.6) is 0 Å². The molecular weight excluding hydrogens is 347 g/mol. The van der Waals surface area contributed by atoms with Crippen molar-refractivity contribution in [2.45, 2.75) is 30.7 Å². The summed E-state index contributed by atoms with van der Waals surface area (Å²) in [6.45, 7) is -0.206. The van der Waals surface area contributed by atoms with Gasteiger partial charge >= 0.3 is 11.9 Å². The minimum Gasteiger partial charge on any atom is -0.459 e. The number of rotatable bonds is 5. The molecule has 2 radical (unpaired) electrons. The molecule has 1 aliphatic rings. The molecule has 2 aromatic carbocycles. The SMILES string of the molecule is [B]C1C[C@@H](OC(=O)c2ccccc2)[C@@H](O)[C@@H](COC(=O)c2ccccc2)O1. The van der Waals surface area contributed by atoms with Gasteiger partial charge in [-0.1, -0.05) is 36.4 Å². The van der Waals surface area contributed by atoms with Gasteiger partial charge in [-0.2, -0.15) is 0 Å². The maximum atomic E-state index is 12.2. The van der Waals surface area contributed by atoms with Gasteiger partial charge in [0, 0.05) is 12.4 Å². The average molecular weight is 366 g/mol. The third kappa shape index (κ3) is 4.96. The van der Waals surface area contributed by atoms with Crippen LogP contribution in [0.3, 0.4) is 0 Å². The molecule has 27 heavy (non-hydrogen) atoms. The van der Waals surface area contributed by atoms with Gasteiger partial charge in [-0.15, -0.1) is 0 Å². The van der Waals surface area contributed by atoms with Gasteiger partial charge in [-0.25, -0.2) is 9.59 Å². The zero-order valence-corrected chi connectivity index (χ0v) is 14.6. The number of aliphatic hydroxyl groups excluding tert-OH is 1. The number of hydrogen-bond acceptors (Lipinski definition) is 6. The summed E-state index contributed by atoms with van der Waals surface area (Å²) in [5, 5.41) is 10.5. The molecule has 1 unspecified atom stereocenters. The Morgan fingerprint density at radius 3 is 2.15 bits per heavy atom. The van der Waals surface area contributed by atoms with Crippen molar-refractivity contribution in [1.29, 1.82) is 0 Å². The van der Waals surface area contributed by atoms with Crippen LogP contribution in [0.25, 0.3) is 0 Å². The summed E-state index contributed by atoms with van der Waals surface area (Å²) in [6, 6.07) is 16.2. The van der Waals surface area contributed by atoms with E-state index in [0.717, 1.165) is 0 Å². The van der Waals surface area contributed by atoms with Gasteiger partial charge in [-0.05, 0) is 24.3 Å². The molecule has 1 aliphatic heterocycles. The number of carbonyl (C=O) groups excluding carboxylic acids is 2. The van der Waals surface area contributed by atoms with E-state index in [1.165, 1.54) is 0 Å². The molecule has 0 saturated carbocycles. The van der Waals surface area contributed by atoms with Gasteiger partial charge in [0.2, 0.25) is 0 Å². The molecule has 1 N–H and O–H groups in total. The van der Waals surface area contributed by atoms with Crippen LogP contribution in [-0.2, 0) is 14.2 Å². The van der Waals surface area contributed by atoms with Crippen LogP contribution in [0.1, 0.15) is 27.1 Å². The Balaban J connectivity index is 1.59. The van der Waals surface area contributed by atoms with Crippen molar-refractivity contribution in [1.82, 2.24) is 0 Å². The van der Waals surface area contributed by atoms with Gasteiger partial charge in [0.05, 0.1) is 11.1 Å². The molecule has 1 saturated heterocycles. The highest BCUT2D eigenvalue weighted by molar-refractivity contribution is 6.11. The van der Waals surface area contributed by atoms with Crippen molar-refractivity contribution < 1.29 is 28.9 Å². The Morgan fingerprint density at radius 2 is 1.56 bits per heavy atom. The third-order valence-corrected chi connectivity index (χ3v) is 4.23. The molecule has 1 heterocycles. The second-order valence-corrected chi connectivity index (χ2v) is 6.21. The smallest absolute Gasteiger partial charge is 0.338 e. The summed E-state index contributed by atoms with van der Waals surface area (Å²) in [7, 11) is 5.84. The molecule has 7 heteroatoms. The van der Waals surface area contributed by atoms with Crippen LogP contribution < -0.4 is 0 Å². The van der Waals surface area contributed by atoms with Gasteiger partial charge in [0.15, 0.2) is 0 Å². The Labute approximate surface area is 158 Å². The van der Waals surface area contributed by atoms with Crippen molar-refractivity contribution in [2.75, 3.05) is 6.61 Å². The Kier molecular flexibility index (Phi) is 6.26.